The van der Waals surface area contributed by atoms with Crippen LogP contribution in [-0.4, -0.2) is 42.3 Å². The molecule has 1 spiro atoms. The number of H-pyrrole nitrogens is 2. The minimum absolute atomic E-state index is 0.118. The molecular weight excluding hydrogens is 465 g/mol. The Hall–Kier alpha value is -3.55. The van der Waals surface area contributed by atoms with E-state index in [2.05, 4.69) is 15.0 Å². The number of esters is 2. The number of aromatic amines is 2. The molecule has 2 aromatic carbocycles. The maximum Gasteiger partial charge on any atom is 0.355 e. The summed E-state index contributed by atoms with van der Waals surface area (Å²) in [5.41, 5.74) is 3.95. The van der Waals surface area contributed by atoms with Crippen molar-refractivity contribution in [2.24, 2.45) is 4.99 Å². The summed E-state index contributed by atoms with van der Waals surface area (Å²) in [7, 11) is 2.57. The number of halogens is 2. The van der Waals surface area contributed by atoms with E-state index in [0.29, 0.717) is 26.9 Å². The second-order valence-electron chi connectivity index (χ2n) is 7.88. The number of fused-ring (bicyclic) bond motifs is 6. The first-order valence-corrected chi connectivity index (χ1v) is 10.8. The standard InChI is InChI=1S/C24H15Cl2N3O4/c1-32-22(30)20-17-11-8-27-15-6-4-13(26)18(16(11)15)24(19(17)21(29-20)23(31)33-2)9-28-14-5-3-10(25)7-12(14)24/h3-9,27,29H,1-2H3. The quantitative estimate of drug-likeness (QED) is 0.375. The molecule has 2 N–H and O–H groups in total. The van der Waals surface area contributed by atoms with Crippen LogP contribution in [0.5, 0.6) is 0 Å². The van der Waals surface area contributed by atoms with Crippen molar-refractivity contribution in [2.75, 3.05) is 14.2 Å². The fourth-order valence-electron chi connectivity index (χ4n) is 5.15. The van der Waals surface area contributed by atoms with Crippen molar-refractivity contribution in [3.05, 3.63) is 74.7 Å². The Morgan fingerprint density at radius 2 is 1.76 bits per heavy atom. The lowest BCUT2D eigenvalue weighted by molar-refractivity contribution is 0.0590. The molecule has 7 nitrogen and oxygen atoms in total. The summed E-state index contributed by atoms with van der Waals surface area (Å²) < 4.78 is 10.1. The van der Waals surface area contributed by atoms with Gasteiger partial charge in [0.15, 0.2) is 0 Å². The van der Waals surface area contributed by atoms with Gasteiger partial charge in [0.1, 0.15) is 11.4 Å². The van der Waals surface area contributed by atoms with Gasteiger partial charge in [0.2, 0.25) is 0 Å². The molecule has 0 saturated carbocycles. The van der Waals surface area contributed by atoms with Crippen molar-refractivity contribution in [2.45, 2.75) is 5.41 Å². The summed E-state index contributed by atoms with van der Waals surface area (Å²) >= 11 is 13.3. The van der Waals surface area contributed by atoms with Gasteiger partial charge in [-0.2, -0.15) is 0 Å². The first-order chi connectivity index (χ1) is 15.9. The van der Waals surface area contributed by atoms with Gasteiger partial charge >= 0.3 is 11.9 Å². The molecular formula is C24H15Cl2N3O4. The van der Waals surface area contributed by atoms with Crippen LogP contribution in [0.25, 0.3) is 22.0 Å². The highest BCUT2D eigenvalue weighted by Gasteiger charge is 2.51. The van der Waals surface area contributed by atoms with Gasteiger partial charge in [-0.15, -0.1) is 0 Å². The van der Waals surface area contributed by atoms with Crippen molar-refractivity contribution in [3.63, 3.8) is 0 Å². The number of hydrogen-bond acceptors (Lipinski definition) is 5. The van der Waals surface area contributed by atoms with E-state index >= 15 is 0 Å². The van der Waals surface area contributed by atoms with Gasteiger partial charge in [-0.05, 0) is 35.9 Å². The number of carbonyl (C=O) groups excluding carboxylic acids is 2. The Morgan fingerprint density at radius 1 is 1.00 bits per heavy atom. The number of hydrogen-bond donors (Lipinski definition) is 2. The van der Waals surface area contributed by atoms with Crippen LogP contribution in [0.15, 0.2) is 41.5 Å². The highest BCUT2D eigenvalue weighted by Crippen LogP contribution is 2.59. The zero-order valence-corrected chi connectivity index (χ0v) is 18.9. The van der Waals surface area contributed by atoms with Crippen LogP contribution in [0.1, 0.15) is 37.7 Å². The summed E-state index contributed by atoms with van der Waals surface area (Å²) in [6.07, 6.45) is 3.55. The molecule has 1 aliphatic heterocycles. The predicted molar refractivity (Wildman–Crippen MR) is 125 cm³/mol. The van der Waals surface area contributed by atoms with E-state index < -0.39 is 17.4 Å². The van der Waals surface area contributed by atoms with E-state index in [9.17, 15) is 9.59 Å². The zero-order chi connectivity index (χ0) is 23.1. The number of rotatable bonds is 2. The van der Waals surface area contributed by atoms with E-state index in [1.54, 1.807) is 24.5 Å². The molecule has 0 radical (unpaired) electrons. The fourth-order valence-corrected chi connectivity index (χ4v) is 5.63. The largest absolute Gasteiger partial charge is 0.464 e. The molecule has 0 amide bonds. The normalized spacial score (nSPS) is 17.3. The number of ether oxygens (including phenoxy) is 2. The predicted octanol–water partition coefficient (Wildman–Crippen LogP) is 5.41. The lowest BCUT2D eigenvalue weighted by atomic mass is 9.64. The molecule has 0 fully saturated rings. The highest BCUT2D eigenvalue weighted by molar-refractivity contribution is 6.34. The second-order valence-corrected chi connectivity index (χ2v) is 8.73. The number of methoxy groups -OCH3 is 2. The zero-order valence-electron chi connectivity index (χ0n) is 17.4. The van der Waals surface area contributed by atoms with Gasteiger partial charge < -0.3 is 19.4 Å². The third-order valence-corrected chi connectivity index (χ3v) is 6.96. The number of nitrogens with zero attached hydrogens (tertiary/aromatic N) is 1. The van der Waals surface area contributed by atoms with E-state index in [1.165, 1.54) is 14.2 Å². The van der Waals surface area contributed by atoms with Gasteiger partial charge in [-0.1, -0.05) is 23.2 Å². The molecule has 9 heteroatoms. The molecule has 2 aromatic heterocycles. The number of benzene rings is 2. The lowest BCUT2D eigenvalue weighted by Crippen LogP contribution is -2.33. The van der Waals surface area contributed by atoms with Crippen molar-refractivity contribution < 1.29 is 19.1 Å². The third kappa shape index (κ3) is 2.38. The molecule has 0 saturated heterocycles. The topological polar surface area (TPSA) is 96.5 Å². The SMILES string of the molecule is COC(=O)c1[nH]c(C(=O)OC)c2c1-c1c[nH]c3ccc(Cl)c(c13)C21C=Nc2ccc(Cl)cc21. The lowest BCUT2D eigenvalue weighted by Gasteiger charge is -2.35. The number of carbonyl (C=O) groups is 2. The average molecular weight is 480 g/mol. The molecule has 1 aliphatic carbocycles. The Labute approximate surface area is 197 Å². The number of aliphatic imine (C=N–C) groups is 1. The van der Waals surface area contributed by atoms with E-state index in [1.807, 2.05) is 18.2 Å². The molecule has 1 atom stereocenters. The van der Waals surface area contributed by atoms with E-state index in [0.717, 1.165) is 27.6 Å². The second kappa shape index (κ2) is 6.73. The highest BCUT2D eigenvalue weighted by atomic mass is 35.5. The van der Waals surface area contributed by atoms with Crippen LogP contribution in [0.4, 0.5) is 5.69 Å². The van der Waals surface area contributed by atoms with Crippen molar-refractivity contribution in [3.8, 4) is 11.1 Å². The van der Waals surface area contributed by atoms with Crippen LogP contribution < -0.4 is 0 Å². The van der Waals surface area contributed by atoms with Gasteiger partial charge in [-0.25, -0.2) is 9.59 Å². The first-order valence-electron chi connectivity index (χ1n) is 10.0. The molecule has 2 aliphatic rings. The van der Waals surface area contributed by atoms with E-state index in [-0.39, 0.29) is 11.4 Å². The van der Waals surface area contributed by atoms with Crippen LogP contribution in [-0.2, 0) is 14.9 Å². The summed E-state index contributed by atoms with van der Waals surface area (Å²) in [4.78, 5) is 36.7. The third-order valence-electron chi connectivity index (χ3n) is 6.41. The Balaban J connectivity index is 1.89. The van der Waals surface area contributed by atoms with Gasteiger partial charge in [0.25, 0.3) is 0 Å². The summed E-state index contributed by atoms with van der Waals surface area (Å²) in [6, 6.07) is 9.05. The number of aromatic nitrogens is 2. The minimum atomic E-state index is -1.09. The van der Waals surface area contributed by atoms with Crippen LogP contribution >= 0.6 is 23.2 Å². The summed E-state index contributed by atoms with van der Waals surface area (Å²) in [5.74, 6) is -1.25. The Morgan fingerprint density at radius 3 is 2.52 bits per heavy atom. The van der Waals surface area contributed by atoms with Crippen molar-refractivity contribution in [1.29, 1.82) is 0 Å². The molecule has 4 aromatic rings. The van der Waals surface area contributed by atoms with Crippen LogP contribution in [0, 0.1) is 0 Å². The number of nitrogens with one attached hydrogen (secondary N) is 2. The molecule has 164 valence electrons. The van der Waals surface area contributed by atoms with Crippen molar-refractivity contribution >= 4 is 57.9 Å². The molecule has 1 unspecified atom stereocenters. The smallest absolute Gasteiger partial charge is 0.355 e. The van der Waals surface area contributed by atoms with Gasteiger partial charge in [-0.3, -0.25) is 4.99 Å². The van der Waals surface area contributed by atoms with Gasteiger partial charge in [0.05, 0.1) is 25.3 Å². The first kappa shape index (κ1) is 20.1. The van der Waals surface area contributed by atoms with Gasteiger partial charge in [0, 0.05) is 55.6 Å². The molecule has 3 heterocycles. The van der Waals surface area contributed by atoms with E-state index in [4.69, 9.17) is 32.7 Å². The molecule has 6 rings (SSSR count). The van der Waals surface area contributed by atoms with Crippen LogP contribution in [0.2, 0.25) is 10.0 Å². The van der Waals surface area contributed by atoms with Crippen molar-refractivity contribution in [1.82, 2.24) is 9.97 Å². The molecule has 0 bridgehead atoms. The summed E-state index contributed by atoms with van der Waals surface area (Å²) in [6.45, 7) is 0. The maximum atomic E-state index is 13.0. The molecule has 33 heavy (non-hydrogen) atoms. The summed E-state index contributed by atoms with van der Waals surface area (Å²) in [5, 5.41) is 1.83. The maximum absolute atomic E-state index is 13.0. The van der Waals surface area contributed by atoms with Crippen LogP contribution in [0.3, 0.4) is 0 Å². The Kier molecular flexibility index (Phi) is 4.09. The minimum Gasteiger partial charge on any atom is -0.464 e. The monoisotopic (exact) mass is 479 g/mol. The average Bonchev–Trinajstić information content (AvgIpc) is 3.52. The fraction of sp³-hybridized carbons (Fsp3) is 0.125. The Bertz CT molecular complexity index is 1570.